The molecule has 1 N–H and O–H groups in total. The van der Waals surface area contributed by atoms with Gasteiger partial charge < -0.3 is 5.32 Å². The Balaban J connectivity index is 2.71. The lowest BCUT2D eigenvalue weighted by molar-refractivity contribution is -0.104. The van der Waals surface area contributed by atoms with Crippen LogP contribution in [0.15, 0.2) is 36.0 Å². The van der Waals surface area contributed by atoms with Gasteiger partial charge in [-0.05, 0) is 24.3 Å². The van der Waals surface area contributed by atoms with Crippen molar-refractivity contribution in [1.82, 2.24) is 0 Å². The van der Waals surface area contributed by atoms with Gasteiger partial charge in [-0.2, -0.15) is 5.26 Å². The molecule has 70 valence electrons. The third kappa shape index (κ3) is 2.92. The van der Waals surface area contributed by atoms with Gasteiger partial charge in [0.15, 0.2) is 6.29 Å². The minimum absolute atomic E-state index is 0.0416. The molecule has 4 heteroatoms. The van der Waals surface area contributed by atoms with Crippen molar-refractivity contribution in [1.29, 1.82) is 5.26 Å². The summed E-state index contributed by atoms with van der Waals surface area (Å²) in [5.41, 5.74) is 0.809. The normalized spacial score (nSPS) is 10.4. The van der Waals surface area contributed by atoms with Crippen LogP contribution in [0.4, 0.5) is 5.69 Å². The number of carbonyl (C=O) groups is 1. The van der Waals surface area contributed by atoms with Crippen LogP contribution >= 0.6 is 11.6 Å². The zero-order valence-electron chi connectivity index (χ0n) is 7.20. The number of rotatable bonds is 3. The highest BCUT2D eigenvalue weighted by atomic mass is 35.5. The lowest BCUT2D eigenvalue weighted by Crippen LogP contribution is -1.90. The van der Waals surface area contributed by atoms with Crippen LogP contribution < -0.4 is 5.32 Å². The Bertz CT molecular complexity index is 390. The number of benzene rings is 1. The lowest BCUT2D eigenvalue weighted by Gasteiger charge is -1.99. The first kappa shape index (κ1) is 10.3. The van der Waals surface area contributed by atoms with Crippen LogP contribution in [0.25, 0.3) is 0 Å². The van der Waals surface area contributed by atoms with Gasteiger partial charge in [-0.15, -0.1) is 0 Å². The highest BCUT2D eigenvalue weighted by molar-refractivity contribution is 6.30. The van der Waals surface area contributed by atoms with Gasteiger partial charge in [-0.1, -0.05) is 11.6 Å². The Morgan fingerprint density at radius 3 is 2.57 bits per heavy atom. The molecule has 0 aliphatic carbocycles. The molecule has 0 aromatic heterocycles. The SMILES string of the molecule is N#C/C(C=O)=C\Nc1ccc(Cl)cc1. The molecule has 0 radical (unpaired) electrons. The molecule has 0 spiro atoms. The Labute approximate surface area is 86.6 Å². The summed E-state index contributed by atoms with van der Waals surface area (Å²) in [5.74, 6) is 0. The molecule has 0 aliphatic rings. The van der Waals surface area contributed by atoms with E-state index in [4.69, 9.17) is 16.9 Å². The number of nitrogens with one attached hydrogen (secondary N) is 1. The second-order valence-electron chi connectivity index (χ2n) is 2.48. The summed E-state index contributed by atoms with van der Waals surface area (Å²) in [6, 6.07) is 8.66. The van der Waals surface area contributed by atoms with E-state index in [0.717, 1.165) is 5.69 Å². The van der Waals surface area contributed by atoms with Crippen molar-refractivity contribution < 1.29 is 4.79 Å². The molecule has 3 nitrogen and oxygen atoms in total. The average Bonchev–Trinajstić information content (AvgIpc) is 2.22. The van der Waals surface area contributed by atoms with Crippen LogP contribution in [0.1, 0.15) is 0 Å². The number of nitriles is 1. The van der Waals surface area contributed by atoms with E-state index in [1.54, 1.807) is 30.3 Å². The molecular formula is C10H7ClN2O. The topological polar surface area (TPSA) is 52.9 Å². The molecular weight excluding hydrogens is 200 g/mol. The Morgan fingerprint density at radius 2 is 2.07 bits per heavy atom. The summed E-state index contributed by atoms with van der Waals surface area (Å²) in [6.45, 7) is 0. The predicted octanol–water partition coefficient (Wildman–Crippen LogP) is 2.36. The zero-order valence-corrected chi connectivity index (χ0v) is 7.95. The van der Waals surface area contributed by atoms with E-state index in [-0.39, 0.29) is 5.57 Å². The molecule has 14 heavy (non-hydrogen) atoms. The molecule has 0 atom stereocenters. The molecule has 0 unspecified atom stereocenters. The van der Waals surface area contributed by atoms with Gasteiger partial charge in [-0.3, -0.25) is 4.79 Å². The largest absolute Gasteiger partial charge is 0.360 e. The third-order valence-electron chi connectivity index (χ3n) is 1.49. The minimum Gasteiger partial charge on any atom is -0.360 e. The number of hydrogen-bond acceptors (Lipinski definition) is 3. The number of hydrogen-bond donors (Lipinski definition) is 1. The summed E-state index contributed by atoms with van der Waals surface area (Å²) in [4.78, 5) is 10.3. The van der Waals surface area contributed by atoms with E-state index in [9.17, 15) is 4.79 Å². The van der Waals surface area contributed by atoms with Crippen molar-refractivity contribution in [3.63, 3.8) is 0 Å². The summed E-state index contributed by atoms with van der Waals surface area (Å²) >= 11 is 5.68. The maximum atomic E-state index is 10.3. The fourth-order valence-corrected chi connectivity index (χ4v) is 0.926. The molecule has 0 fully saturated rings. The molecule has 0 saturated carbocycles. The first-order valence-electron chi connectivity index (χ1n) is 3.84. The smallest absolute Gasteiger partial charge is 0.162 e. The van der Waals surface area contributed by atoms with E-state index in [1.807, 2.05) is 0 Å². The second-order valence-corrected chi connectivity index (χ2v) is 2.92. The van der Waals surface area contributed by atoms with Gasteiger partial charge in [0.2, 0.25) is 0 Å². The molecule has 0 saturated heterocycles. The van der Waals surface area contributed by atoms with Crippen molar-refractivity contribution in [2.75, 3.05) is 5.32 Å². The monoisotopic (exact) mass is 206 g/mol. The van der Waals surface area contributed by atoms with Crippen molar-refractivity contribution >= 4 is 23.6 Å². The van der Waals surface area contributed by atoms with Gasteiger partial charge in [0, 0.05) is 16.9 Å². The van der Waals surface area contributed by atoms with E-state index < -0.39 is 0 Å². The van der Waals surface area contributed by atoms with Gasteiger partial charge in [0.1, 0.15) is 11.6 Å². The Morgan fingerprint density at radius 1 is 1.43 bits per heavy atom. The van der Waals surface area contributed by atoms with E-state index >= 15 is 0 Å². The van der Waals surface area contributed by atoms with Crippen molar-refractivity contribution in [2.45, 2.75) is 0 Å². The van der Waals surface area contributed by atoms with Crippen LogP contribution in [-0.2, 0) is 4.79 Å². The standard InChI is InChI=1S/C10H7ClN2O/c11-9-1-3-10(4-2-9)13-6-8(5-12)7-14/h1-4,6-7,13H/b8-6+. The maximum absolute atomic E-state index is 10.3. The number of carbonyl (C=O) groups excluding carboxylic acids is 1. The molecule has 0 heterocycles. The van der Waals surface area contributed by atoms with Gasteiger partial charge >= 0.3 is 0 Å². The fourth-order valence-electron chi connectivity index (χ4n) is 0.800. The third-order valence-corrected chi connectivity index (χ3v) is 1.75. The van der Waals surface area contributed by atoms with Crippen LogP contribution in [-0.4, -0.2) is 6.29 Å². The first-order chi connectivity index (χ1) is 6.76. The summed E-state index contributed by atoms with van der Waals surface area (Å²) < 4.78 is 0. The van der Waals surface area contributed by atoms with E-state index in [2.05, 4.69) is 5.32 Å². The van der Waals surface area contributed by atoms with Crippen molar-refractivity contribution in [3.8, 4) is 6.07 Å². The first-order valence-corrected chi connectivity index (χ1v) is 4.21. The molecule has 1 aromatic carbocycles. The Kier molecular flexibility index (Phi) is 3.71. The van der Waals surface area contributed by atoms with Crippen LogP contribution in [0.2, 0.25) is 5.02 Å². The number of nitrogens with zero attached hydrogens (tertiary/aromatic N) is 1. The fraction of sp³-hybridized carbons (Fsp3) is 0. The van der Waals surface area contributed by atoms with Crippen molar-refractivity contribution in [3.05, 3.63) is 41.1 Å². The highest BCUT2D eigenvalue weighted by Gasteiger charge is 1.92. The van der Waals surface area contributed by atoms with Crippen molar-refractivity contribution in [2.24, 2.45) is 0 Å². The van der Waals surface area contributed by atoms with Gasteiger partial charge in [0.25, 0.3) is 0 Å². The summed E-state index contributed by atoms with van der Waals surface area (Å²) in [7, 11) is 0. The van der Waals surface area contributed by atoms with Crippen LogP contribution in [0.3, 0.4) is 0 Å². The summed E-state index contributed by atoms with van der Waals surface area (Å²) in [5, 5.41) is 11.9. The molecule has 1 rings (SSSR count). The quantitative estimate of drug-likeness (QED) is 0.469. The van der Waals surface area contributed by atoms with Gasteiger partial charge in [-0.25, -0.2) is 0 Å². The number of anilines is 1. The van der Waals surface area contributed by atoms with Crippen LogP contribution in [0, 0.1) is 11.3 Å². The second kappa shape index (κ2) is 5.05. The van der Waals surface area contributed by atoms with Gasteiger partial charge in [0.05, 0.1) is 0 Å². The number of halogens is 1. The zero-order chi connectivity index (χ0) is 10.4. The highest BCUT2D eigenvalue weighted by Crippen LogP contribution is 2.13. The lowest BCUT2D eigenvalue weighted by atomic mass is 10.3. The molecule has 0 bridgehead atoms. The number of allylic oxidation sites excluding steroid dienone is 1. The summed E-state index contributed by atoms with van der Waals surface area (Å²) in [6.07, 6.45) is 1.83. The maximum Gasteiger partial charge on any atom is 0.162 e. The molecule has 1 aromatic rings. The van der Waals surface area contributed by atoms with E-state index in [0.29, 0.717) is 11.3 Å². The molecule has 0 aliphatic heterocycles. The molecule has 0 amide bonds. The Hall–Kier alpha value is -1.79. The predicted molar refractivity (Wildman–Crippen MR) is 54.8 cm³/mol. The van der Waals surface area contributed by atoms with Crippen LogP contribution in [0.5, 0.6) is 0 Å². The van der Waals surface area contributed by atoms with E-state index in [1.165, 1.54) is 6.20 Å². The minimum atomic E-state index is 0.0416. The average molecular weight is 207 g/mol. The number of aldehydes is 1.